The highest BCUT2D eigenvalue weighted by atomic mass is 35.5. The van der Waals surface area contributed by atoms with Crippen LogP contribution in [0.2, 0.25) is 5.02 Å². The predicted molar refractivity (Wildman–Crippen MR) is 111 cm³/mol. The van der Waals surface area contributed by atoms with E-state index in [2.05, 4.69) is 22.0 Å². The summed E-state index contributed by atoms with van der Waals surface area (Å²) in [6, 6.07) is 5.46. The van der Waals surface area contributed by atoms with Crippen molar-refractivity contribution in [2.75, 3.05) is 5.32 Å². The summed E-state index contributed by atoms with van der Waals surface area (Å²) < 4.78 is 1.83. The highest BCUT2D eigenvalue weighted by Crippen LogP contribution is 2.23. The number of thiazole rings is 1. The van der Waals surface area contributed by atoms with Crippen molar-refractivity contribution in [2.45, 2.75) is 33.6 Å². The van der Waals surface area contributed by atoms with Gasteiger partial charge in [0.1, 0.15) is 0 Å². The van der Waals surface area contributed by atoms with E-state index in [0.29, 0.717) is 16.4 Å². The van der Waals surface area contributed by atoms with Gasteiger partial charge in [0, 0.05) is 27.3 Å². The zero-order chi connectivity index (χ0) is 19.6. The fourth-order valence-electron chi connectivity index (χ4n) is 2.82. The van der Waals surface area contributed by atoms with Gasteiger partial charge in [0.15, 0.2) is 0 Å². The average Bonchev–Trinajstić information content (AvgIpc) is 3.18. The molecule has 0 unspecified atom stereocenters. The third-order valence-electron chi connectivity index (χ3n) is 4.31. The molecule has 0 spiro atoms. The van der Waals surface area contributed by atoms with Crippen LogP contribution in [0.15, 0.2) is 36.2 Å². The summed E-state index contributed by atoms with van der Waals surface area (Å²) in [4.78, 5) is 16.9. The van der Waals surface area contributed by atoms with Crippen molar-refractivity contribution in [3.63, 3.8) is 0 Å². The number of benzene rings is 1. The Hall–Kier alpha value is -2.44. The van der Waals surface area contributed by atoms with Crippen LogP contribution in [0, 0.1) is 20.8 Å². The summed E-state index contributed by atoms with van der Waals surface area (Å²) in [5.41, 5.74) is 5.54. The minimum atomic E-state index is -0.132. The van der Waals surface area contributed by atoms with Gasteiger partial charge in [0.2, 0.25) is 11.0 Å². The number of carbonyl (C=O) groups is 1. The molecule has 0 saturated carbocycles. The van der Waals surface area contributed by atoms with Crippen LogP contribution in [0.1, 0.15) is 28.2 Å². The molecule has 0 aliphatic heterocycles. The number of anilines is 1. The molecule has 140 valence electrons. The highest BCUT2D eigenvalue weighted by Gasteiger charge is 2.15. The second kappa shape index (κ2) is 8.06. The number of hydrogen-bond donors (Lipinski definition) is 1. The number of nitrogens with zero attached hydrogens (tertiary/aromatic N) is 3. The molecule has 0 fully saturated rings. The van der Waals surface area contributed by atoms with Crippen LogP contribution in [-0.2, 0) is 17.6 Å². The Bertz CT molecular complexity index is 1010. The van der Waals surface area contributed by atoms with Crippen molar-refractivity contribution in [1.29, 1.82) is 0 Å². The Labute approximate surface area is 167 Å². The van der Waals surface area contributed by atoms with E-state index in [1.807, 2.05) is 49.0 Å². The number of rotatable bonds is 6. The first-order valence-corrected chi connectivity index (χ1v) is 9.81. The van der Waals surface area contributed by atoms with Gasteiger partial charge in [-0.2, -0.15) is 5.10 Å². The van der Waals surface area contributed by atoms with Crippen LogP contribution in [0.25, 0.3) is 5.13 Å². The minimum Gasteiger partial charge on any atom is -0.326 e. The molecule has 1 aromatic carbocycles. The van der Waals surface area contributed by atoms with Crippen molar-refractivity contribution >= 4 is 34.5 Å². The maximum Gasteiger partial charge on any atom is 0.230 e. The molecule has 0 radical (unpaired) electrons. The molecule has 0 saturated heterocycles. The molecule has 2 heterocycles. The summed E-state index contributed by atoms with van der Waals surface area (Å²) in [7, 11) is 0. The van der Waals surface area contributed by atoms with E-state index in [0.717, 1.165) is 34.1 Å². The van der Waals surface area contributed by atoms with E-state index in [-0.39, 0.29) is 12.3 Å². The van der Waals surface area contributed by atoms with Crippen molar-refractivity contribution in [3.8, 4) is 5.13 Å². The van der Waals surface area contributed by atoms with Gasteiger partial charge in [0.05, 0.1) is 17.8 Å². The Morgan fingerprint density at radius 3 is 2.85 bits per heavy atom. The van der Waals surface area contributed by atoms with Gasteiger partial charge in [-0.15, -0.1) is 17.9 Å². The predicted octanol–water partition coefficient (Wildman–Crippen LogP) is 4.82. The molecule has 1 amide bonds. The Balaban J connectivity index is 1.72. The van der Waals surface area contributed by atoms with Gasteiger partial charge in [0.25, 0.3) is 0 Å². The molecule has 3 rings (SSSR count). The molecule has 3 aromatic rings. The number of allylic oxidation sites excluding steroid dienone is 1. The molecule has 0 aliphatic carbocycles. The normalized spacial score (nSPS) is 10.8. The lowest BCUT2D eigenvalue weighted by Gasteiger charge is -2.06. The number of aromatic nitrogens is 3. The topological polar surface area (TPSA) is 59.8 Å². The van der Waals surface area contributed by atoms with E-state index in [9.17, 15) is 4.79 Å². The van der Waals surface area contributed by atoms with Crippen LogP contribution in [0.5, 0.6) is 0 Å². The zero-order valence-corrected chi connectivity index (χ0v) is 17.1. The molecule has 7 heteroatoms. The number of nitrogens with one attached hydrogen (secondary N) is 1. The first-order chi connectivity index (χ1) is 12.9. The molecule has 1 N–H and O–H groups in total. The molecular weight excluding hydrogens is 380 g/mol. The quantitative estimate of drug-likeness (QED) is 0.603. The van der Waals surface area contributed by atoms with E-state index < -0.39 is 0 Å². The minimum absolute atomic E-state index is 0.132. The number of amides is 1. The first kappa shape index (κ1) is 19.3. The third-order valence-corrected chi connectivity index (χ3v) is 5.58. The summed E-state index contributed by atoms with van der Waals surface area (Å²) in [6.45, 7) is 9.72. The zero-order valence-electron chi connectivity index (χ0n) is 15.5. The van der Waals surface area contributed by atoms with Gasteiger partial charge in [-0.25, -0.2) is 9.67 Å². The molecule has 27 heavy (non-hydrogen) atoms. The molecular formula is C20H21ClN4OS. The van der Waals surface area contributed by atoms with Gasteiger partial charge in [-0.1, -0.05) is 23.7 Å². The number of hydrogen-bond acceptors (Lipinski definition) is 4. The fraction of sp³-hybridized carbons (Fsp3) is 0.250. The van der Waals surface area contributed by atoms with Crippen LogP contribution in [0.3, 0.4) is 0 Å². The van der Waals surface area contributed by atoms with Gasteiger partial charge < -0.3 is 5.32 Å². The molecule has 0 bridgehead atoms. The lowest BCUT2D eigenvalue weighted by atomic mass is 10.1. The standard InChI is InChI=1S/C20H21ClN4OS/c1-5-6-17-13(3)24-25(14(17)4)20-23-16(11-27-20)10-19(26)22-15-8-7-12(2)18(21)9-15/h5,7-9,11H,1,6,10H2,2-4H3,(H,22,26). The van der Waals surface area contributed by atoms with Gasteiger partial charge in [-0.05, 0) is 44.9 Å². The maximum atomic E-state index is 12.3. The van der Waals surface area contributed by atoms with E-state index in [4.69, 9.17) is 11.6 Å². The average molecular weight is 401 g/mol. The van der Waals surface area contributed by atoms with Crippen LogP contribution in [0.4, 0.5) is 5.69 Å². The summed E-state index contributed by atoms with van der Waals surface area (Å²) in [5.74, 6) is -0.132. The summed E-state index contributed by atoms with van der Waals surface area (Å²) in [6.07, 6.45) is 2.84. The molecule has 0 atom stereocenters. The summed E-state index contributed by atoms with van der Waals surface area (Å²) >= 11 is 7.57. The first-order valence-electron chi connectivity index (χ1n) is 8.55. The molecule has 5 nitrogen and oxygen atoms in total. The Morgan fingerprint density at radius 1 is 1.37 bits per heavy atom. The second-order valence-corrected chi connectivity index (χ2v) is 7.61. The summed E-state index contributed by atoms with van der Waals surface area (Å²) in [5, 5.41) is 10.7. The molecule has 0 aliphatic rings. The third kappa shape index (κ3) is 4.28. The lowest BCUT2D eigenvalue weighted by Crippen LogP contribution is -2.14. The maximum absolute atomic E-state index is 12.3. The van der Waals surface area contributed by atoms with Crippen molar-refractivity contribution < 1.29 is 4.79 Å². The van der Waals surface area contributed by atoms with Crippen LogP contribution in [-0.4, -0.2) is 20.7 Å². The fourth-order valence-corrected chi connectivity index (χ4v) is 3.82. The number of halogens is 1. The number of aryl methyl sites for hydroxylation is 2. The van der Waals surface area contributed by atoms with E-state index in [1.165, 1.54) is 11.3 Å². The van der Waals surface area contributed by atoms with Crippen molar-refractivity contribution in [3.05, 3.63) is 69.5 Å². The van der Waals surface area contributed by atoms with Crippen molar-refractivity contribution in [2.24, 2.45) is 0 Å². The van der Waals surface area contributed by atoms with E-state index >= 15 is 0 Å². The van der Waals surface area contributed by atoms with Crippen LogP contribution >= 0.6 is 22.9 Å². The van der Waals surface area contributed by atoms with Crippen LogP contribution < -0.4 is 5.32 Å². The van der Waals surface area contributed by atoms with Gasteiger partial charge in [-0.3, -0.25) is 4.79 Å². The van der Waals surface area contributed by atoms with Gasteiger partial charge >= 0.3 is 0 Å². The monoisotopic (exact) mass is 400 g/mol. The SMILES string of the molecule is C=CCc1c(C)nn(-c2nc(CC(=O)Nc3ccc(C)c(Cl)c3)cs2)c1C. The van der Waals surface area contributed by atoms with Crippen molar-refractivity contribution in [1.82, 2.24) is 14.8 Å². The number of carbonyl (C=O) groups excluding carboxylic acids is 1. The largest absolute Gasteiger partial charge is 0.326 e. The molecule has 2 aromatic heterocycles. The Kier molecular flexibility index (Phi) is 5.77. The smallest absolute Gasteiger partial charge is 0.230 e. The second-order valence-electron chi connectivity index (χ2n) is 6.36. The lowest BCUT2D eigenvalue weighted by molar-refractivity contribution is -0.115. The highest BCUT2D eigenvalue weighted by molar-refractivity contribution is 7.12. The Morgan fingerprint density at radius 2 is 2.15 bits per heavy atom. The van der Waals surface area contributed by atoms with E-state index in [1.54, 1.807) is 6.07 Å².